The molecule has 1 N–H and O–H groups in total. The molecule has 4 rings (SSSR count). The van der Waals surface area contributed by atoms with E-state index in [0.717, 1.165) is 38.0 Å². The number of rotatable bonds is 5. The lowest BCUT2D eigenvalue weighted by molar-refractivity contribution is -0.136. The number of aromatic nitrogens is 1. The zero-order valence-electron chi connectivity index (χ0n) is 16.2. The Kier molecular flexibility index (Phi) is 7.19. The van der Waals surface area contributed by atoms with Gasteiger partial charge in [-0.2, -0.15) is 0 Å². The molecule has 2 aromatic rings. The SMILES string of the molecule is Cl.O=C(C1CC1c1c(F)cccc1F)N(Cc1ccccn1)C1CCCNCC1. The van der Waals surface area contributed by atoms with E-state index >= 15 is 0 Å². The Balaban J connectivity index is 0.00000240. The minimum absolute atomic E-state index is 0. The van der Waals surface area contributed by atoms with Gasteiger partial charge >= 0.3 is 0 Å². The molecule has 1 aromatic heterocycles. The van der Waals surface area contributed by atoms with Crippen LogP contribution in [0.15, 0.2) is 42.6 Å². The van der Waals surface area contributed by atoms with Crippen LogP contribution in [0.1, 0.15) is 42.9 Å². The van der Waals surface area contributed by atoms with E-state index in [1.165, 1.54) is 18.2 Å². The van der Waals surface area contributed by atoms with Crippen LogP contribution in [0, 0.1) is 17.6 Å². The van der Waals surface area contributed by atoms with Crippen LogP contribution in [0.25, 0.3) is 0 Å². The van der Waals surface area contributed by atoms with Crippen molar-refractivity contribution in [1.29, 1.82) is 0 Å². The number of hydrogen-bond donors (Lipinski definition) is 1. The number of benzene rings is 1. The lowest BCUT2D eigenvalue weighted by Gasteiger charge is -2.31. The molecule has 2 heterocycles. The van der Waals surface area contributed by atoms with E-state index in [2.05, 4.69) is 10.3 Å². The van der Waals surface area contributed by atoms with Gasteiger partial charge in [0.25, 0.3) is 0 Å². The third-order valence-corrected chi connectivity index (χ3v) is 5.81. The lowest BCUT2D eigenvalue weighted by Crippen LogP contribution is -2.41. The first-order valence-corrected chi connectivity index (χ1v) is 10.00. The molecule has 0 spiro atoms. The van der Waals surface area contributed by atoms with Crippen molar-refractivity contribution in [3.05, 3.63) is 65.5 Å². The fourth-order valence-corrected chi connectivity index (χ4v) is 4.23. The summed E-state index contributed by atoms with van der Waals surface area (Å²) in [6, 6.07) is 9.69. The molecule has 1 saturated heterocycles. The monoisotopic (exact) mass is 421 g/mol. The highest BCUT2D eigenvalue weighted by Crippen LogP contribution is 2.50. The van der Waals surface area contributed by atoms with Crippen LogP contribution in [-0.4, -0.2) is 34.9 Å². The number of carbonyl (C=O) groups excluding carboxylic acids is 1. The summed E-state index contributed by atoms with van der Waals surface area (Å²) in [5.74, 6) is -1.86. The summed E-state index contributed by atoms with van der Waals surface area (Å²) in [6.45, 7) is 2.26. The number of nitrogens with one attached hydrogen (secondary N) is 1. The molecule has 7 heteroatoms. The van der Waals surface area contributed by atoms with Gasteiger partial charge < -0.3 is 10.2 Å². The zero-order valence-corrected chi connectivity index (χ0v) is 17.0. The maximum absolute atomic E-state index is 14.2. The van der Waals surface area contributed by atoms with E-state index < -0.39 is 11.6 Å². The van der Waals surface area contributed by atoms with E-state index in [9.17, 15) is 13.6 Å². The predicted molar refractivity (Wildman–Crippen MR) is 110 cm³/mol. The van der Waals surface area contributed by atoms with Crippen molar-refractivity contribution in [2.45, 2.75) is 44.2 Å². The second-order valence-electron chi connectivity index (χ2n) is 7.71. The first-order chi connectivity index (χ1) is 13.6. The number of nitrogens with zero attached hydrogens (tertiary/aromatic N) is 2. The largest absolute Gasteiger partial charge is 0.334 e. The van der Waals surface area contributed by atoms with Crippen LogP contribution < -0.4 is 5.32 Å². The minimum Gasteiger partial charge on any atom is -0.334 e. The van der Waals surface area contributed by atoms with Gasteiger partial charge in [-0.05, 0) is 63.0 Å². The molecule has 1 aliphatic carbocycles. The van der Waals surface area contributed by atoms with Crippen molar-refractivity contribution in [3.63, 3.8) is 0 Å². The van der Waals surface area contributed by atoms with Crippen LogP contribution in [0.4, 0.5) is 8.78 Å². The molecule has 1 saturated carbocycles. The average Bonchev–Trinajstić information content (AvgIpc) is 3.50. The summed E-state index contributed by atoms with van der Waals surface area (Å²) in [7, 11) is 0. The Morgan fingerprint density at radius 1 is 1.10 bits per heavy atom. The molecule has 0 radical (unpaired) electrons. The first kappa shape index (κ1) is 21.7. The van der Waals surface area contributed by atoms with Gasteiger partial charge in [-0.1, -0.05) is 12.1 Å². The van der Waals surface area contributed by atoms with Gasteiger partial charge in [0.1, 0.15) is 11.6 Å². The minimum atomic E-state index is -0.560. The van der Waals surface area contributed by atoms with Gasteiger partial charge in [0.2, 0.25) is 5.91 Å². The summed E-state index contributed by atoms with van der Waals surface area (Å²) in [5, 5.41) is 3.38. The maximum atomic E-state index is 14.2. The van der Waals surface area contributed by atoms with Crippen LogP contribution in [-0.2, 0) is 11.3 Å². The summed E-state index contributed by atoms with van der Waals surface area (Å²) >= 11 is 0. The van der Waals surface area contributed by atoms with Crippen molar-refractivity contribution in [2.24, 2.45) is 5.92 Å². The summed E-state index contributed by atoms with van der Waals surface area (Å²) in [6.07, 6.45) is 5.04. The number of pyridine rings is 1. The van der Waals surface area contributed by atoms with Crippen molar-refractivity contribution in [1.82, 2.24) is 15.2 Å². The first-order valence-electron chi connectivity index (χ1n) is 10.00. The fraction of sp³-hybridized carbons (Fsp3) is 0.455. The standard InChI is InChI=1S/C22H25F2N3O.ClH/c23-19-7-3-8-20(24)21(19)17-13-18(17)22(28)27(14-15-5-1-2-11-26-15)16-6-4-10-25-12-9-16;/h1-3,5,7-8,11,16-18,25H,4,6,9-10,12-14H2;1H. The Hall–Kier alpha value is -2.05. The molecule has 1 aromatic carbocycles. The third-order valence-electron chi connectivity index (χ3n) is 5.81. The molecule has 1 amide bonds. The van der Waals surface area contributed by atoms with E-state index in [1.807, 2.05) is 23.1 Å². The maximum Gasteiger partial charge on any atom is 0.226 e. The van der Waals surface area contributed by atoms with Crippen LogP contribution >= 0.6 is 12.4 Å². The number of carbonyl (C=O) groups is 1. The molecule has 29 heavy (non-hydrogen) atoms. The Morgan fingerprint density at radius 2 is 1.90 bits per heavy atom. The second kappa shape index (κ2) is 9.63. The van der Waals surface area contributed by atoms with E-state index in [-0.39, 0.29) is 41.8 Å². The lowest BCUT2D eigenvalue weighted by atomic mass is 10.0. The fourth-order valence-electron chi connectivity index (χ4n) is 4.23. The molecule has 2 fully saturated rings. The zero-order chi connectivity index (χ0) is 19.5. The molecular formula is C22H26ClF2N3O. The van der Waals surface area contributed by atoms with E-state index in [1.54, 1.807) is 6.20 Å². The molecule has 0 bridgehead atoms. The summed E-state index contributed by atoms with van der Waals surface area (Å²) in [5.41, 5.74) is 0.892. The number of amides is 1. The van der Waals surface area contributed by atoms with Gasteiger partial charge in [-0.15, -0.1) is 12.4 Å². The van der Waals surface area contributed by atoms with Gasteiger partial charge in [-0.3, -0.25) is 9.78 Å². The van der Waals surface area contributed by atoms with Crippen LogP contribution in [0.5, 0.6) is 0 Å². The molecule has 2 aliphatic rings. The molecule has 3 atom stereocenters. The smallest absolute Gasteiger partial charge is 0.226 e. The van der Waals surface area contributed by atoms with Gasteiger partial charge in [0.15, 0.2) is 0 Å². The van der Waals surface area contributed by atoms with Crippen molar-refractivity contribution in [2.75, 3.05) is 13.1 Å². The predicted octanol–water partition coefficient (Wildman–Crippen LogP) is 4.06. The molecule has 3 unspecified atom stereocenters. The quantitative estimate of drug-likeness (QED) is 0.792. The van der Waals surface area contributed by atoms with Crippen LogP contribution in [0.3, 0.4) is 0 Å². The average molecular weight is 422 g/mol. The normalized spacial score (nSPS) is 23.6. The summed E-state index contributed by atoms with van der Waals surface area (Å²) in [4.78, 5) is 19.6. The van der Waals surface area contributed by atoms with Gasteiger partial charge in [-0.25, -0.2) is 8.78 Å². The number of halogens is 3. The molecule has 4 nitrogen and oxygen atoms in total. The van der Waals surface area contributed by atoms with Crippen molar-refractivity contribution >= 4 is 18.3 Å². The van der Waals surface area contributed by atoms with E-state index in [4.69, 9.17) is 0 Å². The number of hydrogen-bond acceptors (Lipinski definition) is 3. The van der Waals surface area contributed by atoms with E-state index in [0.29, 0.717) is 13.0 Å². The van der Waals surface area contributed by atoms with Gasteiger partial charge in [0, 0.05) is 29.6 Å². The third kappa shape index (κ3) is 4.93. The molecule has 1 aliphatic heterocycles. The van der Waals surface area contributed by atoms with Crippen LogP contribution in [0.2, 0.25) is 0 Å². The second-order valence-corrected chi connectivity index (χ2v) is 7.71. The van der Waals surface area contributed by atoms with Crippen molar-refractivity contribution < 1.29 is 13.6 Å². The summed E-state index contributed by atoms with van der Waals surface area (Å²) < 4.78 is 28.3. The Labute approximate surface area is 176 Å². The topological polar surface area (TPSA) is 45.2 Å². The highest BCUT2D eigenvalue weighted by Gasteiger charge is 2.49. The van der Waals surface area contributed by atoms with Gasteiger partial charge in [0.05, 0.1) is 12.2 Å². The Bertz CT molecular complexity index is 808. The Morgan fingerprint density at radius 3 is 2.62 bits per heavy atom. The molecule has 156 valence electrons. The molecular weight excluding hydrogens is 396 g/mol. The van der Waals surface area contributed by atoms with Crippen molar-refractivity contribution in [3.8, 4) is 0 Å². The highest BCUT2D eigenvalue weighted by molar-refractivity contribution is 5.85. The highest BCUT2D eigenvalue weighted by atomic mass is 35.5.